The summed E-state index contributed by atoms with van der Waals surface area (Å²) >= 11 is 0. The van der Waals surface area contributed by atoms with Gasteiger partial charge in [-0.1, -0.05) is 37.3 Å². The van der Waals surface area contributed by atoms with Gasteiger partial charge < -0.3 is 9.73 Å². The van der Waals surface area contributed by atoms with Gasteiger partial charge in [-0.2, -0.15) is 0 Å². The molecule has 0 fully saturated rings. The van der Waals surface area contributed by atoms with Gasteiger partial charge in [-0.05, 0) is 43.7 Å². The minimum atomic E-state index is -0.0288. The minimum Gasteiger partial charge on any atom is -0.439 e. The summed E-state index contributed by atoms with van der Waals surface area (Å²) in [6.45, 7) is 5.71. The van der Waals surface area contributed by atoms with Crippen molar-refractivity contribution in [2.75, 3.05) is 18.4 Å². The van der Waals surface area contributed by atoms with E-state index >= 15 is 0 Å². The monoisotopic (exact) mass is 337 g/mol. The van der Waals surface area contributed by atoms with E-state index in [1.807, 2.05) is 55.5 Å². The molecule has 0 unspecified atom stereocenters. The molecule has 3 rings (SSSR count). The number of hydrogen-bond acceptors (Lipinski definition) is 4. The standard InChI is InChI=1S/C20H23N3O2/c1-3-12-23(13-19(24)21-16-9-5-4-8-15(16)2)14-20-22-17-10-6-7-11-18(17)25-20/h4-11H,3,12-14H2,1-2H3,(H,21,24). The van der Waals surface area contributed by atoms with E-state index < -0.39 is 0 Å². The Morgan fingerprint density at radius 2 is 1.92 bits per heavy atom. The summed E-state index contributed by atoms with van der Waals surface area (Å²) in [5, 5.41) is 2.98. The van der Waals surface area contributed by atoms with Crippen LogP contribution in [0.1, 0.15) is 24.8 Å². The first-order valence-electron chi connectivity index (χ1n) is 8.58. The van der Waals surface area contributed by atoms with Crippen LogP contribution < -0.4 is 5.32 Å². The van der Waals surface area contributed by atoms with Gasteiger partial charge in [-0.15, -0.1) is 0 Å². The molecular formula is C20H23N3O2. The first-order valence-corrected chi connectivity index (χ1v) is 8.58. The zero-order valence-corrected chi connectivity index (χ0v) is 14.7. The molecule has 1 aromatic heterocycles. The molecule has 0 saturated heterocycles. The number of fused-ring (bicyclic) bond motifs is 1. The van der Waals surface area contributed by atoms with Crippen LogP contribution in [0.25, 0.3) is 11.1 Å². The SMILES string of the molecule is CCCN(CC(=O)Nc1ccccc1C)Cc1nc2ccccc2o1. The lowest BCUT2D eigenvalue weighted by atomic mass is 10.2. The lowest BCUT2D eigenvalue weighted by Gasteiger charge is -2.19. The Labute approximate surface area is 147 Å². The number of oxazole rings is 1. The zero-order valence-electron chi connectivity index (χ0n) is 14.7. The van der Waals surface area contributed by atoms with Crippen molar-refractivity contribution in [3.05, 3.63) is 60.0 Å². The molecule has 130 valence electrons. The van der Waals surface area contributed by atoms with Crippen LogP contribution in [0.3, 0.4) is 0 Å². The first-order chi connectivity index (χ1) is 12.2. The van der Waals surface area contributed by atoms with Crippen LogP contribution in [-0.4, -0.2) is 28.9 Å². The van der Waals surface area contributed by atoms with Gasteiger partial charge in [-0.3, -0.25) is 9.69 Å². The van der Waals surface area contributed by atoms with Gasteiger partial charge in [0.1, 0.15) is 5.52 Å². The summed E-state index contributed by atoms with van der Waals surface area (Å²) in [6, 6.07) is 15.5. The normalized spacial score (nSPS) is 11.2. The molecule has 0 aliphatic heterocycles. The number of nitrogens with one attached hydrogen (secondary N) is 1. The Morgan fingerprint density at radius 3 is 2.68 bits per heavy atom. The van der Waals surface area contributed by atoms with Crippen LogP contribution in [0.2, 0.25) is 0 Å². The number of aromatic nitrogens is 1. The average Bonchev–Trinajstić information content (AvgIpc) is 2.99. The first kappa shape index (κ1) is 17.2. The van der Waals surface area contributed by atoms with Crippen molar-refractivity contribution in [2.45, 2.75) is 26.8 Å². The summed E-state index contributed by atoms with van der Waals surface area (Å²) in [6.07, 6.45) is 0.956. The maximum absolute atomic E-state index is 12.4. The zero-order chi connectivity index (χ0) is 17.6. The largest absolute Gasteiger partial charge is 0.439 e. The van der Waals surface area contributed by atoms with Crippen molar-refractivity contribution in [1.82, 2.24) is 9.88 Å². The fraction of sp³-hybridized carbons (Fsp3) is 0.300. The highest BCUT2D eigenvalue weighted by Crippen LogP contribution is 2.17. The predicted octanol–water partition coefficient (Wildman–Crippen LogP) is 3.99. The fourth-order valence-electron chi connectivity index (χ4n) is 2.82. The quantitative estimate of drug-likeness (QED) is 0.708. The minimum absolute atomic E-state index is 0.0288. The van der Waals surface area contributed by atoms with E-state index in [-0.39, 0.29) is 5.91 Å². The summed E-state index contributed by atoms with van der Waals surface area (Å²) in [5.74, 6) is 0.609. The molecule has 2 aromatic carbocycles. The molecule has 5 heteroatoms. The number of carbonyl (C=O) groups is 1. The van der Waals surface area contributed by atoms with E-state index in [1.165, 1.54) is 0 Å². The Kier molecular flexibility index (Phi) is 5.46. The highest BCUT2D eigenvalue weighted by molar-refractivity contribution is 5.92. The van der Waals surface area contributed by atoms with Gasteiger partial charge in [0.15, 0.2) is 5.58 Å². The summed E-state index contributed by atoms with van der Waals surface area (Å²) in [5.41, 5.74) is 3.53. The molecule has 0 spiro atoms. The molecular weight excluding hydrogens is 314 g/mol. The Morgan fingerprint density at radius 1 is 1.16 bits per heavy atom. The van der Waals surface area contributed by atoms with E-state index in [9.17, 15) is 4.79 Å². The maximum Gasteiger partial charge on any atom is 0.238 e. The summed E-state index contributed by atoms with van der Waals surface area (Å²) in [4.78, 5) is 19.0. The van der Waals surface area contributed by atoms with Gasteiger partial charge >= 0.3 is 0 Å². The molecule has 1 amide bonds. The number of aryl methyl sites for hydroxylation is 1. The summed E-state index contributed by atoms with van der Waals surface area (Å²) < 4.78 is 5.78. The van der Waals surface area contributed by atoms with Crippen molar-refractivity contribution in [3.8, 4) is 0 Å². The number of nitrogens with zero attached hydrogens (tertiary/aromatic N) is 2. The maximum atomic E-state index is 12.4. The van der Waals surface area contributed by atoms with Gasteiger partial charge in [0.05, 0.1) is 13.1 Å². The molecule has 0 aliphatic rings. The van der Waals surface area contributed by atoms with E-state index in [0.29, 0.717) is 19.0 Å². The number of amides is 1. The molecule has 0 saturated carbocycles. The van der Waals surface area contributed by atoms with Crippen LogP contribution in [0, 0.1) is 6.92 Å². The van der Waals surface area contributed by atoms with Crippen LogP contribution >= 0.6 is 0 Å². The lowest BCUT2D eigenvalue weighted by molar-refractivity contribution is -0.117. The third kappa shape index (κ3) is 4.45. The van der Waals surface area contributed by atoms with Crippen LogP contribution in [0.4, 0.5) is 5.69 Å². The highest BCUT2D eigenvalue weighted by Gasteiger charge is 2.15. The summed E-state index contributed by atoms with van der Waals surface area (Å²) in [7, 11) is 0. The second-order valence-electron chi connectivity index (χ2n) is 6.15. The van der Waals surface area contributed by atoms with E-state index in [2.05, 4.69) is 22.1 Å². The van der Waals surface area contributed by atoms with E-state index in [1.54, 1.807) is 0 Å². The number of benzene rings is 2. The number of hydrogen-bond donors (Lipinski definition) is 1. The third-order valence-electron chi connectivity index (χ3n) is 4.02. The van der Waals surface area contributed by atoms with Gasteiger partial charge in [0, 0.05) is 5.69 Å². The van der Waals surface area contributed by atoms with Crippen LogP contribution in [-0.2, 0) is 11.3 Å². The number of para-hydroxylation sites is 3. The van der Waals surface area contributed by atoms with Gasteiger partial charge in [0.2, 0.25) is 11.8 Å². The Hall–Kier alpha value is -2.66. The molecule has 0 aliphatic carbocycles. The average molecular weight is 337 g/mol. The molecule has 3 aromatic rings. The molecule has 5 nitrogen and oxygen atoms in total. The molecule has 0 bridgehead atoms. The van der Waals surface area contributed by atoms with Crippen molar-refractivity contribution in [3.63, 3.8) is 0 Å². The highest BCUT2D eigenvalue weighted by atomic mass is 16.3. The van der Waals surface area contributed by atoms with E-state index in [4.69, 9.17) is 4.42 Å². The van der Waals surface area contributed by atoms with Gasteiger partial charge in [-0.25, -0.2) is 4.98 Å². The van der Waals surface area contributed by atoms with Gasteiger partial charge in [0.25, 0.3) is 0 Å². The van der Waals surface area contributed by atoms with Crippen molar-refractivity contribution < 1.29 is 9.21 Å². The molecule has 0 radical (unpaired) electrons. The smallest absolute Gasteiger partial charge is 0.238 e. The second kappa shape index (κ2) is 7.94. The van der Waals surface area contributed by atoms with E-state index in [0.717, 1.165) is 35.3 Å². The topological polar surface area (TPSA) is 58.4 Å². The van der Waals surface area contributed by atoms with Crippen molar-refractivity contribution in [1.29, 1.82) is 0 Å². The number of anilines is 1. The van der Waals surface area contributed by atoms with Crippen LogP contribution in [0.15, 0.2) is 52.9 Å². The number of carbonyl (C=O) groups excluding carboxylic acids is 1. The molecule has 0 atom stereocenters. The third-order valence-corrected chi connectivity index (χ3v) is 4.02. The van der Waals surface area contributed by atoms with Crippen molar-refractivity contribution >= 4 is 22.7 Å². The predicted molar refractivity (Wildman–Crippen MR) is 99.4 cm³/mol. The fourth-order valence-corrected chi connectivity index (χ4v) is 2.82. The Balaban J connectivity index is 1.66. The molecule has 25 heavy (non-hydrogen) atoms. The molecule has 1 N–H and O–H groups in total. The number of rotatable bonds is 7. The molecule has 1 heterocycles. The lowest BCUT2D eigenvalue weighted by Crippen LogP contribution is -2.33. The Bertz CT molecular complexity index is 824. The van der Waals surface area contributed by atoms with Crippen molar-refractivity contribution in [2.24, 2.45) is 0 Å². The van der Waals surface area contributed by atoms with Crippen LogP contribution in [0.5, 0.6) is 0 Å². The second-order valence-corrected chi connectivity index (χ2v) is 6.15.